The summed E-state index contributed by atoms with van der Waals surface area (Å²) in [6.07, 6.45) is 1.27. The molecule has 0 aliphatic carbocycles. The van der Waals surface area contributed by atoms with E-state index in [4.69, 9.17) is 9.47 Å². The molecule has 5 nitrogen and oxygen atoms in total. The van der Waals surface area contributed by atoms with E-state index in [1.165, 1.54) is 30.6 Å². The van der Waals surface area contributed by atoms with Crippen molar-refractivity contribution in [1.82, 2.24) is 0 Å². The van der Waals surface area contributed by atoms with E-state index in [-0.39, 0.29) is 12.5 Å². The molecule has 0 radical (unpaired) electrons. The van der Waals surface area contributed by atoms with Crippen molar-refractivity contribution in [2.45, 2.75) is 17.9 Å². The molecule has 0 atom stereocenters. The third kappa shape index (κ3) is 5.45. The fourth-order valence-electron chi connectivity index (χ4n) is 2.79. The third-order valence-corrected chi connectivity index (χ3v) is 7.29. The van der Waals surface area contributed by atoms with Gasteiger partial charge in [0.2, 0.25) is 0 Å². The zero-order valence-corrected chi connectivity index (χ0v) is 17.5. The second-order valence-corrected chi connectivity index (χ2v) is 9.08. The summed E-state index contributed by atoms with van der Waals surface area (Å²) < 4.78 is 10.8. The molecule has 1 aliphatic rings. The van der Waals surface area contributed by atoms with Crippen LogP contribution in [0.25, 0.3) is 0 Å². The third-order valence-electron chi connectivity index (χ3n) is 4.27. The van der Waals surface area contributed by atoms with Gasteiger partial charge < -0.3 is 14.8 Å². The molecule has 0 bridgehead atoms. The summed E-state index contributed by atoms with van der Waals surface area (Å²) in [5.74, 6) is 2.42. The topological polar surface area (TPSA) is 64.6 Å². The number of benzene rings is 2. The molecule has 7 heteroatoms. The van der Waals surface area contributed by atoms with Gasteiger partial charge in [-0.25, -0.2) is 4.79 Å². The zero-order valence-electron chi connectivity index (χ0n) is 15.9. The number of anilines is 1. The first-order valence-electron chi connectivity index (χ1n) is 9.01. The second kappa shape index (κ2) is 9.89. The molecule has 1 aliphatic heterocycles. The summed E-state index contributed by atoms with van der Waals surface area (Å²) in [6.45, 7) is 1.74. The van der Waals surface area contributed by atoms with Gasteiger partial charge in [0.25, 0.3) is 5.91 Å². The molecule has 0 aromatic heterocycles. The molecule has 1 fully saturated rings. The number of rotatable bonds is 6. The number of hydrogen-bond donors (Lipinski definition) is 1. The van der Waals surface area contributed by atoms with Crippen LogP contribution in [0, 0.1) is 6.92 Å². The molecule has 1 saturated heterocycles. The van der Waals surface area contributed by atoms with E-state index in [1.807, 2.05) is 42.6 Å². The monoisotopic (exact) mass is 417 g/mol. The summed E-state index contributed by atoms with van der Waals surface area (Å²) >= 11 is 3.95. The molecular weight excluding hydrogens is 394 g/mol. The van der Waals surface area contributed by atoms with Crippen LogP contribution in [-0.4, -0.2) is 37.1 Å². The number of amides is 1. The summed E-state index contributed by atoms with van der Waals surface area (Å²) in [6, 6.07) is 13.0. The summed E-state index contributed by atoms with van der Waals surface area (Å²) in [5.41, 5.74) is 3.16. The highest BCUT2D eigenvalue weighted by atomic mass is 32.2. The predicted molar refractivity (Wildman–Crippen MR) is 115 cm³/mol. The number of aryl methyl sites for hydroxylation is 1. The van der Waals surface area contributed by atoms with Crippen LogP contribution in [-0.2, 0) is 9.53 Å². The van der Waals surface area contributed by atoms with Gasteiger partial charge >= 0.3 is 5.97 Å². The Bertz CT molecular complexity index is 833. The van der Waals surface area contributed by atoms with Gasteiger partial charge in [-0.2, -0.15) is 0 Å². The first-order chi connectivity index (χ1) is 13.6. The van der Waals surface area contributed by atoms with Crippen LogP contribution in [0.3, 0.4) is 0 Å². The first kappa shape index (κ1) is 20.6. The first-order valence-corrected chi connectivity index (χ1v) is 11.1. The van der Waals surface area contributed by atoms with Gasteiger partial charge in [-0.3, -0.25) is 4.79 Å². The van der Waals surface area contributed by atoms with Crippen LogP contribution < -0.4 is 10.1 Å². The van der Waals surface area contributed by atoms with E-state index >= 15 is 0 Å². The number of nitrogens with one attached hydrogen (secondary N) is 1. The largest absolute Gasteiger partial charge is 0.484 e. The van der Waals surface area contributed by atoms with Crippen LogP contribution in [0.1, 0.15) is 32.5 Å². The van der Waals surface area contributed by atoms with Crippen molar-refractivity contribution in [2.75, 3.05) is 30.5 Å². The van der Waals surface area contributed by atoms with Crippen molar-refractivity contribution in [3.05, 3.63) is 59.2 Å². The van der Waals surface area contributed by atoms with Gasteiger partial charge in [0.1, 0.15) is 5.75 Å². The van der Waals surface area contributed by atoms with Gasteiger partial charge in [0, 0.05) is 5.69 Å². The maximum Gasteiger partial charge on any atom is 0.337 e. The van der Waals surface area contributed by atoms with Crippen molar-refractivity contribution in [3.8, 4) is 5.75 Å². The summed E-state index contributed by atoms with van der Waals surface area (Å²) in [5, 5.41) is 2.80. The highest BCUT2D eigenvalue weighted by molar-refractivity contribution is 8.16. The number of methoxy groups -OCH3 is 1. The number of carbonyl (C=O) groups is 2. The number of ether oxygens (including phenoxy) is 2. The Labute approximate surface area is 173 Å². The predicted octanol–water partition coefficient (Wildman–Crippen LogP) is 4.67. The molecule has 1 amide bonds. The average Bonchev–Trinajstić information content (AvgIpc) is 2.74. The summed E-state index contributed by atoms with van der Waals surface area (Å²) in [7, 11) is 1.34. The van der Waals surface area contributed by atoms with Gasteiger partial charge in [0.05, 0.1) is 17.3 Å². The van der Waals surface area contributed by atoms with Gasteiger partial charge in [-0.05, 0) is 66.3 Å². The van der Waals surface area contributed by atoms with E-state index in [0.29, 0.717) is 21.6 Å². The normalized spacial score (nSPS) is 14.4. The minimum absolute atomic E-state index is 0.0789. The minimum atomic E-state index is -0.405. The van der Waals surface area contributed by atoms with Crippen LogP contribution >= 0.6 is 23.5 Å². The Hall–Kier alpha value is -2.12. The van der Waals surface area contributed by atoms with E-state index < -0.39 is 5.97 Å². The van der Waals surface area contributed by atoms with Crippen molar-refractivity contribution in [2.24, 2.45) is 0 Å². The standard InChI is InChI=1S/C21H23NO4S2/c1-14-12-16(20(24)25-2)6-9-18(14)22-19(23)13-26-17-7-4-15(5-8-17)21-27-10-3-11-28-21/h4-9,12,21H,3,10-11,13H2,1-2H3,(H,22,23). The van der Waals surface area contributed by atoms with Crippen molar-refractivity contribution in [3.63, 3.8) is 0 Å². The smallest absolute Gasteiger partial charge is 0.337 e. The van der Waals surface area contributed by atoms with Crippen molar-refractivity contribution >= 4 is 41.1 Å². The molecule has 148 valence electrons. The molecule has 3 rings (SSSR count). The van der Waals surface area contributed by atoms with Crippen molar-refractivity contribution in [1.29, 1.82) is 0 Å². The van der Waals surface area contributed by atoms with Crippen LogP contribution in [0.2, 0.25) is 0 Å². The van der Waals surface area contributed by atoms with Crippen LogP contribution in [0.15, 0.2) is 42.5 Å². The van der Waals surface area contributed by atoms with E-state index in [2.05, 4.69) is 17.4 Å². The molecule has 2 aromatic rings. The molecule has 0 spiro atoms. The SMILES string of the molecule is COC(=O)c1ccc(NC(=O)COc2ccc(C3SCCCS3)cc2)c(C)c1. The van der Waals surface area contributed by atoms with E-state index in [0.717, 1.165) is 5.56 Å². The van der Waals surface area contributed by atoms with Gasteiger partial charge in [-0.1, -0.05) is 12.1 Å². The Balaban J connectivity index is 1.52. The molecule has 1 heterocycles. The number of carbonyl (C=O) groups excluding carboxylic acids is 2. The summed E-state index contributed by atoms with van der Waals surface area (Å²) in [4.78, 5) is 23.7. The number of hydrogen-bond acceptors (Lipinski definition) is 6. The molecule has 2 aromatic carbocycles. The average molecular weight is 418 g/mol. The zero-order chi connectivity index (χ0) is 19.9. The lowest BCUT2D eigenvalue weighted by Crippen LogP contribution is -2.20. The van der Waals surface area contributed by atoms with Crippen LogP contribution in [0.5, 0.6) is 5.75 Å². The van der Waals surface area contributed by atoms with Gasteiger partial charge in [0.15, 0.2) is 6.61 Å². The molecule has 1 N–H and O–H groups in total. The van der Waals surface area contributed by atoms with Crippen molar-refractivity contribution < 1.29 is 19.1 Å². The Morgan fingerprint density at radius 2 is 1.82 bits per heavy atom. The Morgan fingerprint density at radius 3 is 2.46 bits per heavy atom. The fraction of sp³-hybridized carbons (Fsp3) is 0.333. The molecular formula is C21H23NO4S2. The highest BCUT2D eigenvalue weighted by Crippen LogP contribution is 2.43. The van der Waals surface area contributed by atoms with E-state index in [1.54, 1.807) is 18.2 Å². The lowest BCUT2D eigenvalue weighted by Gasteiger charge is -2.21. The number of esters is 1. The lowest BCUT2D eigenvalue weighted by molar-refractivity contribution is -0.118. The highest BCUT2D eigenvalue weighted by Gasteiger charge is 2.16. The lowest BCUT2D eigenvalue weighted by atomic mass is 10.1. The van der Waals surface area contributed by atoms with E-state index in [9.17, 15) is 9.59 Å². The number of thioether (sulfide) groups is 2. The molecule has 28 heavy (non-hydrogen) atoms. The fourth-order valence-corrected chi connectivity index (χ4v) is 5.68. The minimum Gasteiger partial charge on any atom is -0.484 e. The van der Waals surface area contributed by atoms with Crippen LogP contribution in [0.4, 0.5) is 5.69 Å². The Morgan fingerprint density at radius 1 is 1.11 bits per heavy atom. The quantitative estimate of drug-likeness (QED) is 0.689. The van der Waals surface area contributed by atoms with Gasteiger partial charge in [-0.15, -0.1) is 23.5 Å². The maximum atomic E-state index is 12.2. The second-order valence-electron chi connectivity index (χ2n) is 6.35. The molecule has 0 unspecified atom stereocenters. The Kier molecular flexibility index (Phi) is 7.28. The molecule has 0 saturated carbocycles. The maximum absolute atomic E-state index is 12.2.